The fraction of sp³-hybridized carbons (Fsp3) is 0. The van der Waals surface area contributed by atoms with Gasteiger partial charge in [0.15, 0.2) is 0 Å². The van der Waals surface area contributed by atoms with E-state index in [4.69, 9.17) is 5.11 Å². The minimum Gasteiger partial charge on any atom is -0.871 e. The first-order valence-corrected chi connectivity index (χ1v) is 2.56. The number of pyridine rings is 1. The Bertz CT molecular complexity index is 242. The highest BCUT2D eigenvalue weighted by molar-refractivity contribution is 5.85. The number of carboxylic acid groups (broad SMARTS) is 1. The molecule has 1 aromatic rings. The maximum absolute atomic E-state index is 10.4. The average Bonchev–Trinajstić information content (AvgIpc) is 1.88. The van der Waals surface area contributed by atoms with E-state index in [2.05, 4.69) is 4.98 Å². The molecule has 0 amide bonds. The maximum Gasteiger partial charge on any atom is 0.354 e. The van der Waals surface area contributed by atoms with Gasteiger partial charge >= 0.3 is 5.97 Å². The predicted octanol–water partition coefficient (Wildman–Crippen LogP) is -0.147. The molecule has 0 spiro atoms. The Hall–Kier alpha value is -1.58. The van der Waals surface area contributed by atoms with Gasteiger partial charge in [-0.25, -0.2) is 9.78 Å². The van der Waals surface area contributed by atoms with E-state index >= 15 is 0 Å². The van der Waals surface area contributed by atoms with Crippen molar-refractivity contribution >= 4 is 5.97 Å². The van der Waals surface area contributed by atoms with Crippen molar-refractivity contribution in [1.82, 2.24) is 4.98 Å². The summed E-state index contributed by atoms with van der Waals surface area (Å²) in [4.78, 5) is 13.5. The molecule has 0 saturated heterocycles. The van der Waals surface area contributed by atoms with Gasteiger partial charge in [0.1, 0.15) is 5.69 Å². The van der Waals surface area contributed by atoms with Crippen molar-refractivity contribution < 1.29 is 15.0 Å². The predicted molar refractivity (Wildman–Crippen MR) is 30.6 cm³/mol. The van der Waals surface area contributed by atoms with Gasteiger partial charge in [0.25, 0.3) is 0 Å². The van der Waals surface area contributed by atoms with Crippen LogP contribution in [0.2, 0.25) is 0 Å². The molecule has 52 valence electrons. The number of carboxylic acids is 1. The second kappa shape index (κ2) is 2.34. The van der Waals surface area contributed by atoms with E-state index in [0.717, 1.165) is 12.3 Å². The number of aromatic nitrogens is 1. The lowest BCUT2D eigenvalue weighted by atomic mass is 10.3. The monoisotopic (exact) mass is 138 g/mol. The summed E-state index contributed by atoms with van der Waals surface area (Å²) >= 11 is 0. The molecule has 1 aromatic heterocycles. The van der Waals surface area contributed by atoms with Crippen LogP contribution >= 0.6 is 0 Å². The molecule has 0 atom stereocenters. The van der Waals surface area contributed by atoms with Crippen LogP contribution in [0, 0.1) is 0 Å². The summed E-state index contributed by atoms with van der Waals surface area (Å²) in [5.74, 6) is -1.41. The van der Waals surface area contributed by atoms with Crippen LogP contribution in [0.3, 0.4) is 0 Å². The molecule has 10 heavy (non-hydrogen) atoms. The molecular weight excluding hydrogens is 134 g/mol. The van der Waals surface area contributed by atoms with Crippen LogP contribution in [0.4, 0.5) is 0 Å². The number of hydrogen-bond donors (Lipinski definition) is 1. The fourth-order valence-electron chi connectivity index (χ4n) is 0.507. The van der Waals surface area contributed by atoms with Crippen molar-refractivity contribution in [3.63, 3.8) is 0 Å². The first-order valence-electron chi connectivity index (χ1n) is 2.56. The molecule has 0 bridgehead atoms. The first kappa shape index (κ1) is 6.54. The summed E-state index contributed by atoms with van der Waals surface area (Å²) in [6.07, 6.45) is 0.976. The Balaban J connectivity index is 3.00. The van der Waals surface area contributed by atoms with E-state index in [9.17, 15) is 9.90 Å². The molecule has 0 aliphatic rings. The summed E-state index contributed by atoms with van der Waals surface area (Å²) in [7, 11) is 0. The second-order valence-electron chi connectivity index (χ2n) is 1.68. The number of aromatic carboxylic acids is 1. The summed E-state index contributed by atoms with van der Waals surface area (Å²) in [5.41, 5.74) is -0.111. The van der Waals surface area contributed by atoms with Crippen LogP contribution in [0.1, 0.15) is 10.5 Å². The molecule has 4 heteroatoms. The molecular formula is C6H4NO3-. The Morgan fingerprint density at radius 3 is 2.70 bits per heavy atom. The highest BCUT2D eigenvalue weighted by atomic mass is 16.4. The quantitative estimate of drug-likeness (QED) is 0.585. The minimum absolute atomic E-state index is 0.111. The molecule has 4 nitrogen and oxygen atoms in total. The standard InChI is InChI=1S/C6H5NO3/c8-4-1-2-5(6(9)10)7-3-4/h1-3,8H,(H,9,10)/p-1. The number of rotatable bonds is 1. The van der Waals surface area contributed by atoms with Crippen LogP contribution in [-0.2, 0) is 0 Å². The zero-order valence-electron chi connectivity index (χ0n) is 4.94. The molecule has 1 rings (SSSR count). The summed E-state index contributed by atoms with van der Waals surface area (Å²) in [6.45, 7) is 0. The molecule has 1 N–H and O–H groups in total. The SMILES string of the molecule is O=C(O)c1ccc([O-])cn1. The van der Waals surface area contributed by atoms with Gasteiger partial charge < -0.3 is 10.2 Å². The van der Waals surface area contributed by atoms with Crippen molar-refractivity contribution in [3.8, 4) is 5.75 Å². The zero-order chi connectivity index (χ0) is 7.56. The van der Waals surface area contributed by atoms with Crippen molar-refractivity contribution in [1.29, 1.82) is 0 Å². The van der Waals surface area contributed by atoms with E-state index in [1.165, 1.54) is 6.07 Å². The van der Waals surface area contributed by atoms with Crippen molar-refractivity contribution in [2.75, 3.05) is 0 Å². The lowest BCUT2D eigenvalue weighted by Gasteiger charge is -2.01. The summed E-state index contributed by atoms with van der Waals surface area (Å²) in [6, 6.07) is 2.33. The van der Waals surface area contributed by atoms with Gasteiger partial charge in [-0.15, -0.1) is 0 Å². The van der Waals surface area contributed by atoms with E-state index in [0.29, 0.717) is 0 Å². The molecule has 0 fully saturated rings. The third-order valence-electron chi connectivity index (χ3n) is 0.955. The molecule has 0 aliphatic carbocycles. The average molecular weight is 138 g/mol. The van der Waals surface area contributed by atoms with Gasteiger partial charge in [0.2, 0.25) is 0 Å². The Kier molecular flexibility index (Phi) is 1.53. The molecule has 1 heterocycles. The van der Waals surface area contributed by atoms with Crippen molar-refractivity contribution in [2.45, 2.75) is 0 Å². The number of carbonyl (C=O) groups is 1. The minimum atomic E-state index is -1.13. The van der Waals surface area contributed by atoms with Crippen molar-refractivity contribution in [2.24, 2.45) is 0 Å². The molecule has 0 aromatic carbocycles. The molecule has 0 unspecified atom stereocenters. The molecule has 0 saturated carbocycles. The summed E-state index contributed by atoms with van der Waals surface area (Å²) in [5, 5.41) is 18.7. The summed E-state index contributed by atoms with van der Waals surface area (Å²) < 4.78 is 0. The largest absolute Gasteiger partial charge is 0.871 e. The van der Waals surface area contributed by atoms with Gasteiger partial charge in [-0.2, -0.15) is 0 Å². The van der Waals surface area contributed by atoms with Gasteiger partial charge in [0, 0.05) is 6.20 Å². The lowest BCUT2D eigenvalue weighted by molar-refractivity contribution is -0.268. The smallest absolute Gasteiger partial charge is 0.354 e. The van der Waals surface area contributed by atoms with Gasteiger partial charge in [-0.1, -0.05) is 11.8 Å². The molecule has 0 radical (unpaired) electrons. The van der Waals surface area contributed by atoms with E-state index < -0.39 is 5.97 Å². The van der Waals surface area contributed by atoms with E-state index in [-0.39, 0.29) is 11.4 Å². The Morgan fingerprint density at radius 1 is 1.60 bits per heavy atom. The zero-order valence-corrected chi connectivity index (χ0v) is 4.94. The normalized spacial score (nSPS) is 9.20. The topological polar surface area (TPSA) is 73.2 Å². The van der Waals surface area contributed by atoms with Crippen LogP contribution in [0.5, 0.6) is 5.75 Å². The van der Waals surface area contributed by atoms with Gasteiger partial charge in [-0.3, -0.25) is 0 Å². The van der Waals surface area contributed by atoms with Gasteiger partial charge in [-0.05, 0) is 6.07 Å². The Morgan fingerprint density at radius 2 is 2.30 bits per heavy atom. The maximum atomic E-state index is 10.4. The number of hydrogen-bond acceptors (Lipinski definition) is 3. The van der Waals surface area contributed by atoms with E-state index in [1.54, 1.807) is 0 Å². The number of nitrogens with zero attached hydrogens (tertiary/aromatic N) is 1. The third-order valence-corrected chi connectivity index (χ3v) is 0.955. The van der Waals surface area contributed by atoms with Crippen molar-refractivity contribution in [3.05, 3.63) is 24.0 Å². The fourth-order valence-corrected chi connectivity index (χ4v) is 0.507. The third kappa shape index (κ3) is 1.22. The highest BCUT2D eigenvalue weighted by Crippen LogP contribution is 2.01. The van der Waals surface area contributed by atoms with Crippen LogP contribution in [-0.4, -0.2) is 16.1 Å². The van der Waals surface area contributed by atoms with Gasteiger partial charge in [0.05, 0.1) is 0 Å². The second-order valence-corrected chi connectivity index (χ2v) is 1.68. The lowest BCUT2D eigenvalue weighted by Crippen LogP contribution is -2.00. The van der Waals surface area contributed by atoms with Crippen LogP contribution in [0.25, 0.3) is 0 Å². The molecule has 0 aliphatic heterocycles. The highest BCUT2D eigenvalue weighted by Gasteiger charge is 1.99. The van der Waals surface area contributed by atoms with Crippen LogP contribution < -0.4 is 5.11 Å². The Labute approximate surface area is 56.8 Å². The van der Waals surface area contributed by atoms with E-state index in [1.807, 2.05) is 0 Å². The van der Waals surface area contributed by atoms with Crippen LogP contribution in [0.15, 0.2) is 18.3 Å². The first-order chi connectivity index (χ1) is 4.70.